The molecule has 0 aliphatic rings. The Morgan fingerprint density at radius 3 is 3.08 bits per heavy atom. The highest BCUT2D eigenvalue weighted by molar-refractivity contribution is 5.63. The van der Waals surface area contributed by atoms with Gasteiger partial charge in [0.25, 0.3) is 0 Å². The lowest BCUT2D eigenvalue weighted by Crippen LogP contribution is -2.00. The number of pyridine rings is 1. The van der Waals surface area contributed by atoms with Gasteiger partial charge in [-0.05, 0) is 17.7 Å². The third-order valence-electron chi connectivity index (χ3n) is 1.97. The van der Waals surface area contributed by atoms with Gasteiger partial charge in [-0.2, -0.15) is 0 Å². The number of aromatic nitrogens is 2. The van der Waals surface area contributed by atoms with Crippen LogP contribution in [0.15, 0.2) is 37.2 Å². The van der Waals surface area contributed by atoms with Crippen LogP contribution >= 0.6 is 0 Å². The van der Waals surface area contributed by atoms with E-state index in [4.69, 9.17) is 5.73 Å². The van der Waals surface area contributed by atoms with E-state index in [0.29, 0.717) is 6.54 Å². The number of hydrogen-bond donors (Lipinski definition) is 1. The van der Waals surface area contributed by atoms with Gasteiger partial charge in [0.15, 0.2) is 0 Å². The summed E-state index contributed by atoms with van der Waals surface area (Å²) in [6.07, 6.45) is 3.89. The fourth-order valence-corrected chi connectivity index (χ4v) is 1.21. The van der Waals surface area contributed by atoms with Crippen LogP contribution in [0.25, 0.3) is 11.2 Å². The van der Waals surface area contributed by atoms with Crippen molar-refractivity contribution in [2.24, 2.45) is 5.73 Å². The summed E-state index contributed by atoms with van der Waals surface area (Å²) in [5.41, 5.74) is 8.13. The standard InChI is InChI=1S/C10H11N3/c1-8(6-11)9-7-13-5-3-2-4-10(13)12-9/h2-5,7H,1,6,11H2. The molecule has 0 unspecified atom stereocenters. The van der Waals surface area contributed by atoms with E-state index in [2.05, 4.69) is 11.6 Å². The third-order valence-corrected chi connectivity index (χ3v) is 1.97. The molecule has 0 bridgehead atoms. The van der Waals surface area contributed by atoms with Gasteiger partial charge in [0, 0.05) is 18.9 Å². The second kappa shape index (κ2) is 3.03. The maximum absolute atomic E-state index is 5.48. The Hall–Kier alpha value is -1.61. The van der Waals surface area contributed by atoms with Gasteiger partial charge in [0.1, 0.15) is 5.65 Å². The third kappa shape index (κ3) is 1.34. The maximum Gasteiger partial charge on any atom is 0.137 e. The molecule has 0 aromatic carbocycles. The maximum atomic E-state index is 5.48. The molecule has 2 aromatic heterocycles. The average Bonchev–Trinajstić information content (AvgIpc) is 2.59. The molecule has 0 aliphatic heterocycles. The number of hydrogen-bond acceptors (Lipinski definition) is 2. The largest absolute Gasteiger partial charge is 0.326 e. The predicted octanol–water partition coefficient (Wildman–Crippen LogP) is 1.31. The van der Waals surface area contributed by atoms with Gasteiger partial charge in [-0.1, -0.05) is 12.6 Å². The molecule has 66 valence electrons. The van der Waals surface area contributed by atoms with Gasteiger partial charge >= 0.3 is 0 Å². The van der Waals surface area contributed by atoms with Crippen LogP contribution in [0.2, 0.25) is 0 Å². The van der Waals surface area contributed by atoms with Crippen molar-refractivity contribution < 1.29 is 0 Å². The van der Waals surface area contributed by atoms with Crippen LogP contribution in [0.3, 0.4) is 0 Å². The highest BCUT2D eigenvalue weighted by Crippen LogP contribution is 2.11. The topological polar surface area (TPSA) is 43.3 Å². The first-order chi connectivity index (χ1) is 6.31. The predicted molar refractivity (Wildman–Crippen MR) is 53.3 cm³/mol. The molecule has 0 aliphatic carbocycles. The van der Waals surface area contributed by atoms with E-state index in [1.165, 1.54) is 0 Å². The molecule has 0 radical (unpaired) electrons. The molecule has 3 heteroatoms. The summed E-state index contributed by atoms with van der Waals surface area (Å²) in [5.74, 6) is 0. The van der Waals surface area contributed by atoms with Crippen molar-refractivity contribution in [1.82, 2.24) is 9.38 Å². The van der Waals surface area contributed by atoms with Crippen LogP contribution < -0.4 is 5.73 Å². The summed E-state index contributed by atoms with van der Waals surface area (Å²) in [6, 6.07) is 5.87. The van der Waals surface area contributed by atoms with E-state index in [1.807, 2.05) is 35.0 Å². The molecule has 0 spiro atoms. The average molecular weight is 173 g/mol. The molecule has 2 rings (SSSR count). The second-order valence-corrected chi connectivity index (χ2v) is 2.90. The summed E-state index contributed by atoms with van der Waals surface area (Å²) in [7, 11) is 0. The normalized spacial score (nSPS) is 10.5. The fraction of sp³-hybridized carbons (Fsp3) is 0.100. The lowest BCUT2D eigenvalue weighted by Gasteiger charge is -1.92. The first kappa shape index (κ1) is 8.01. The minimum Gasteiger partial charge on any atom is -0.326 e. The zero-order chi connectivity index (χ0) is 9.26. The number of rotatable bonds is 2. The van der Waals surface area contributed by atoms with Crippen molar-refractivity contribution in [2.45, 2.75) is 0 Å². The Bertz CT molecular complexity index is 409. The quantitative estimate of drug-likeness (QED) is 0.744. The zero-order valence-corrected chi connectivity index (χ0v) is 7.27. The Kier molecular flexibility index (Phi) is 1.87. The fourth-order valence-electron chi connectivity index (χ4n) is 1.21. The molecule has 0 atom stereocenters. The molecule has 2 heterocycles. The number of fused-ring (bicyclic) bond motifs is 1. The van der Waals surface area contributed by atoms with Crippen LogP contribution in [0.4, 0.5) is 0 Å². The summed E-state index contributed by atoms with van der Waals surface area (Å²) >= 11 is 0. The van der Waals surface area contributed by atoms with E-state index >= 15 is 0 Å². The highest BCUT2D eigenvalue weighted by atomic mass is 15.0. The van der Waals surface area contributed by atoms with Crippen LogP contribution in [0, 0.1) is 0 Å². The summed E-state index contributed by atoms with van der Waals surface area (Å²) in [6.45, 7) is 4.29. The van der Waals surface area contributed by atoms with Crippen molar-refractivity contribution >= 4 is 11.2 Å². The Labute approximate surface area is 76.5 Å². The number of nitrogens with two attached hydrogens (primary N) is 1. The van der Waals surface area contributed by atoms with Gasteiger partial charge in [-0.25, -0.2) is 4.98 Å². The van der Waals surface area contributed by atoms with Crippen molar-refractivity contribution in [3.05, 3.63) is 42.9 Å². The van der Waals surface area contributed by atoms with Crippen LogP contribution in [0.1, 0.15) is 5.69 Å². The van der Waals surface area contributed by atoms with Crippen LogP contribution in [-0.2, 0) is 0 Å². The van der Waals surface area contributed by atoms with Crippen LogP contribution in [-0.4, -0.2) is 15.9 Å². The minimum absolute atomic E-state index is 0.448. The SMILES string of the molecule is C=C(CN)c1cn2ccccc2n1. The van der Waals surface area contributed by atoms with E-state index in [-0.39, 0.29) is 0 Å². The smallest absolute Gasteiger partial charge is 0.137 e. The summed E-state index contributed by atoms with van der Waals surface area (Å²) in [5, 5.41) is 0. The zero-order valence-electron chi connectivity index (χ0n) is 7.27. The molecule has 2 N–H and O–H groups in total. The van der Waals surface area contributed by atoms with Gasteiger partial charge in [0.2, 0.25) is 0 Å². The first-order valence-electron chi connectivity index (χ1n) is 4.13. The molecule has 2 aromatic rings. The Morgan fingerprint density at radius 2 is 2.38 bits per heavy atom. The van der Waals surface area contributed by atoms with Gasteiger partial charge in [-0.15, -0.1) is 0 Å². The molecule has 0 amide bonds. The highest BCUT2D eigenvalue weighted by Gasteiger charge is 2.01. The molecule has 0 saturated carbocycles. The van der Waals surface area contributed by atoms with Gasteiger partial charge in [-0.3, -0.25) is 0 Å². The Morgan fingerprint density at radius 1 is 1.54 bits per heavy atom. The van der Waals surface area contributed by atoms with E-state index in [1.54, 1.807) is 0 Å². The molecule has 0 fully saturated rings. The monoisotopic (exact) mass is 173 g/mol. The molecule has 0 saturated heterocycles. The molecular weight excluding hydrogens is 162 g/mol. The Balaban J connectivity index is 2.56. The lowest BCUT2D eigenvalue weighted by atomic mass is 10.2. The van der Waals surface area contributed by atoms with Gasteiger partial charge < -0.3 is 10.1 Å². The lowest BCUT2D eigenvalue weighted by molar-refractivity contribution is 1.18. The van der Waals surface area contributed by atoms with Crippen molar-refractivity contribution in [3.8, 4) is 0 Å². The number of nitrogens with zero attached hydrogens (tertiary/aromatic N) is 2. The van der Waals surface area contributed by atoms with Crippen molar-refractivity contribution in [2.75, 3.05) is 6.54 Å². The second-order valence-electron chi connectivity index (χ2n) is 2.90. The minimum atomic E-state index is 0.448. The van der Waals surface area contributed by atoms with Crippen LogP contribution in [0.5, 0.6) is 0 Å². The number of imidazole rings is 1. The van der Waals surface area contributed by atoms with Gasteiger partial charge in [0.05, 0.1) is 5.69 Å². The first-order valence-corrected chi connectivity index (χ1v) is 4.13. The summed E-state index contributed by atoms with van der Waals surface area (Å²) < 4.78 is 1.95. The molecular formula is C10H11N3. The molecule has 3 nitrogen and oxygen atoms in total. The van der Waals surface area contributed by atoms with Crippen molar-refractivity contribution in [3.63, 3.8) is 0 Å². The van der Waals surface area contributed by atoms with E-state index < -0.39 is 0 Å². The van der Waals surface area contributed by atoms with E-state index in [9.17, 15) is 0 Å². The van der Waals surface area contributed by atoms with E-state index in [0.717, 1.165) is 16.9 Å². The summed E-state index contributed by atoms with van der Waals surface area (Å²) in [4.78, 5) is 4.37. The molecule has 13 heavy (non-hydrogen) atoms. The van der Waals surface area contributed by atoms with Crippen molar-refractivity contribution in [1.29, 1.82) is 0 Å².